The summed E-state index contributed by atoms with van der Waals surface area (Å²) in [6.07, 6.45) is 20.5. The highest BCUT2D eigenvalue weighted by molar-refractivity contribution is 5.73. The number of rotatable bonds is 16. The molecule has 2 rings (SSSR count). The number of carbonyl (C=O) groups is 1. The first kappa shape index (κ1) is 27.6. The molecule has 0 aliphatic heterocycles. The van der Waals surface area contributed by atoms with Gasteiger partial charge >= 0.3 is 5.97 Å². The average molecular weight is 453 g/mol. The van der Waals surface area contributed by atoms with Crippen LogP contribution in [0, 0.1) is 17.8 Å². The van der Waals surface area contributed by atoms with Crippen LogP contribution in [0.2, 0.25) is 0 Å². The van der Waals surface area contributed by atoms with Gasteiger partial charge in [0.05, 0.1) is 37.9 Å². The lowest BCUT2D eigenvalue weighted by molar-refractivity contribution is -0.156. The third-order valence-electron chi connectivity index (χ3n) is 7.60. The first-order valence-electron chi connectivity index (χ1n) is 14.0. The van der Waals surface area contributed by atoms with E-state index in [-0.39, 0.29) is 18.0 Å². The number of carbonyl (C=O) groups excluding carboxylic acids is 1. The largest absolute Gasteiger partial charge is 0.465 e. The third kappa shape index (κ3) is 11.0. The number of hydrogen-bond acceptors (Lipinski definition) is 4. The van der Waals surface area contributed by atoms with Crippen LogP contribution in [0.3, 0.4) is 0 Å². The molecule has 188 valence electrons. The van der Waals surface area contributed by atoms with Crippen LogP contribution in [0.15, 0.2) is 0 Å². The predicted octanol–water partition coefficient (Wildman–Crippen LogP) is 7.48. The van der Waals surface area contributed by atoms with E-state index in [0.29, 0.717) is 37.8 Å². The molecule has 0 aromatic rings. The highest BCUT2D eigenvalue weighted by Gasteiger charge is 2.39. The monoisotopic (exact) mass is 452 g/mol. The SMILES string of the molecule is CCCCCCCCCCCOC(=O)C1C(C)CC(OCCOC2CCCCC2)CC1C. The summed E-state index contributed by atoms with van der Waals surface area (Å²) in [6, 6.07) is 0. The fraction of sp³-hybridized carbons (Fsp3) is 0.964. The summed E-state index contributed by atoms with van der Waals surface area (Å²) in [4.78, 5) is 12.7. The van der Waals surface area contributed by atoms with Crippen molar-refractivity contribution in [2.75, 3.05) is 19.8 Å². The lowest BCUT2D eigenvalue weighted by atomic mass is 9.72. The van der Waals surface area contributed by atoms with Gasteiger partial charge in [0.25, 0.3) is 0 Å². The van der Waals surface area contributed by atoms with E-state index in [1.54, 1.807) is 0 Å². The molecule has 0 N–H and O–H groups in total. The number of ether oxygens (including phenoxy) is 3. The van der Waals surface area contributed by atoms with Crippen molar-refractivity contribution in [3.8, 4) is 0 Å². The second kappa shape index (κ2) is 16.9. The van der Waals surface area contributed by atoms with Crippen molar-refractivity contribution >= 4 is 5.97 Å². The molecule has 4 heteroatoms. The molecule has 0 heterocycles. The average Bonchev–Trinajstić information content (AvgIpc) is 2.78. The first-order chi connectivity index (χ1) is 15.6. The van der Waals surface area contributed by atoms with Crippen molar-refractivity contribution in [1.82, 2.24) is 0 Å². The Bertz CT molecular complexity index is 462. The lowest BCUT2D eigenvalue weighted by Crippen LogP contribution is -2.39. The molecule has 0 aromatic heterocycles. The maximum atomic E-state index is 12.7. The Kier molecular flexibility index (Phi) is 14.6. The Morgan fingerprint density at radius 1 is 0.688 bits per heavy atom. The molecular formula is C28H52O4. The minimum atomic E-state index is 0.0173. The highest BCUT2D eigenvalue weighted by Crippen LogP contribution is 2.37. The van der Waals surface area contributed by atoms with E-state index in [1.807, 2.05) is 0 Å². The highest BCUT2D eigenvalue weighted by atomic mass is 16.5. The maximum Gasteiger partial charge on any atom is 0.309 e. The summed E-state index contributed by atoms with van der Waals surface area (Å²) < 4.78 is 17.8. The predicted molar refractivity (Wildman–Crippen MR) is 132 cm³/mol. The standard InChI is InChI=1S/C28H52O4/c1-4-5-6-7-8-9-10-11-15-18-32-28(29)27-23(2)21-26(22-24(27)3)31-20-19-30-25-16-13-12-14-17-25/h23-27H,4-22H2,1-3H3. The zero-order valence-corrected chi connectivity index (χ0v) is 21.5. The van der Waals surface area contributed by atoms with E-state index < -0.39 is 0 Å². The van der Waals surface area contributed by atoms with Crippen LogP contribution in [0.4, 0.5) is 0 Å². The van der Waals surface area contributed by atoms with Gasteiger partial charge in [-0.2, -0.15) is 0 Å². The van der Waals surface area contributed by atoms with Crippen LogP contribution in [0.25, 0.3) is 0 Å². The van der Waals surface area contributed by atoms with E-state index in [1.165, 1.54) is 83.5 Å². The van der Waals surface area contributed by atoms with Crippen molar-refractivity contribution in [3.63, 3.8) is 0 Å². The summed E-state index contributed by atoms with van der Waals surface area (Å²) in [6.45, 7) is 8.60. The van der Waals surface area contributed by atoms with Gasteiger partial charge in [0.15, 0.2) is 0 Å². The van der Waals surface area contributed by atoms with Crippen molar-refractivity contribution in [2.45, 2.75) is 136 Å². The molecule has 2 aliphatic carbocycles. The Morgan fingerprint density at radius 3 is 1.81 bits per heavy atom. The van der Waals surface area contributed by atoms with E-state index in [9.17, 15) is 4.79 Å². The fourth-order valence-electron chi connectivity index (χ4n) is 5.72. The van der Waals surface area contributed by atoms with Crippen molar-refractivity contribution < 1.29 is 19.0 Å². The van der Waals surface area contributed by atoms with Gasteiger partial charge in [0.1, 0.15) is 0 Å². The third-order valence-corrected chi connectivity index (χ3v) is 7.60. The minimum absolute atomic E-state index is 0.0173. The summed E-state index contributed by atoms with van der Waals surface area (Å²) in [5.41, 5.74) is 0. The molecule has 2 saturated carbocycles. The Labute approximate surface area is 198 Å². The molecule has 0 radical (unpaired) electrons. The zero-order chi connectivity index (χ0) is 23.0. The molecule has 0 spiro atoms. The smallest absolute Gasteiger partial charge is 0.309 e. The Morgan fingerprint density at radius 2 is 1.22 bits per heavy atom. The molecule has 2 aliphatic rings. The van der Waals surface area contributed by atoms with Crippen LogP contribution in [-0.4, -0.2) is 38.0 Å². The topological polar surface area (TPSA) is 44.8 Å². The maximum absolute atomic E-state index is 12.7. The number of esters is 1. The minimum Gasteiger partial charge on any atom is -0.465 e. The molecular weight excluding hydrogens is 400 g/mol. The number of unbranched alkanes of at least 4 members (excludes halogenated alkanes) is 8. The number of hydrogen-bond donors (Lipinski definition) is 0. The molecule has 0 amide bonds. The van der Waals surface area contributed by atoms with Crippen molar-refractivity contribution in [1.29, 1.82) is 0 Å². The second-order valence-corrected chi connectivity index (χ2v) is 10.6. The van der Waals surface area contributed by atoms with Crippen LogP contribution in [0.5, 0.6) is 0 Å². The normalized spacial score (nSPS) is 26.8. The van der Waals surface area contributed by atoms with Crippen molar-refractivity contribution in [2.24, 2.45) is 17.8 Å². The zero-order valence-electron chi connectivity index (χ0n) is 21.5. The van der Waals surface area contributed by atoms with Crippen LogP contribution in [-0.2, 0) is 19.0 Å². The van der Waals surface area contributed by atoms with E-state index >= 15 is 0 Å². The van der Waals surface area contributed by atoms with Gasteiger partial charge in [-0.3, -0.25) is 4.79 Å². The molecule has 2 fully saturated rings. The molecule has 2 unspecified atom stereocenters. The molecule has 0 aromatic carbocycles. The molecule has 2 atom stereocenters. The van der Waals surface area contributed by atoms with Crippen LogP contribution < -0.4 is 0 Å². The first-order valence-corrected chi connectivity index (χ1v) is 14.0. The van der Waals surface area contributed by atoms with Crippen molar-refractivity contribution in [3.05, 3.63) is 0 Å². The Balaban J connectivity index is 1.52. The lowest BCUT2D eigenvalue weighted by Gasteiger charge is -2.37. The van der Waals surface area contributed by atoms with Crippen LogP contribution in [0.1, 0.15) is 124 Å². The summed E-state index contributed by atoms with van der Waals surface area (Å²) in [5, 5.41) is 0. The fourth-order valence-corrected chi connectivity index (χ4v) is 5.72. The van der Waals surface area contributed by atoms with E-state index in [4.69, 9.17) is 14.2 Å². The Hall–Kier alpha value is -0.610. The molecule has 0 bridgehead atoms. The second-order valence-electron chi connectivity index (χ2n) is 10.6. The van der Waals surface area contributed by atoms with E-state index in [2.05, 4.69) is 20.8 Å². The summed E-state index contributed by atoms with van der Waals surface area (Å²) in [7, 11) is 0. The summed E-state index contributed by atoms with van der Waals surface area (Å²) >= 11 is 0. The van der Waals surface area contributed by atoms with Gasteiger partial charge < -0.3 is 14.2 Å². The van der Waals surface area contributed by atoms with Gasteiger partial charge in [0.2, 0.25) is 0 Å². The van der Waals surface area contributed by atoms with Crippen LogP contribution >= 0.6 is 0 Å². The molecule has 0 saturated heterocycles. The van der Waals surface area contributed by atoms with E-state index in [0.717, 1.165) is 19.3 Å². The van der Waals surface area contributed by atoms with Gasteiger partial charge in [-0.05, 0) is 43.9 Å². The van der Waals surface area contributed by atoms with Gasteiger partial charge in [-0.15, -0.1) is 0 Å². The summed E-state index contributed by atoms with van der Waals surface area (Å²) in [5.74, 6) is 0.674. The van der Waals surface area contributed by atoms with Gasteiger partial charge in [-0.1, -0.05) is 91.4 Å². The van der Waals surface area contributed by atoms with Gasteiger partial charge in [-0.25, -0.2) is 0 Å². The molecule has 32 heavy (non-hydrogen) atoms. The van der Waals surface area contributed by atoms with Gasteiger partial charge in [0, 0.05) is 0 Å². The molecule has 4 nitrogen and oxygen atoms in total. The quantitative estimate of drug-likeness (QED) is 0.180.